The first-order valence-corrected chi connectivity index (χ1v) is 10.4. The molecule has 148 valence electrons. The lowest BCUT2D eigenvalue weighted by Crippen LogP contribution is -2.58. The standard InChI is InChI=1S/C22H32N2O3/c1-14(2)19(20(25)24(3)13-18-5-4-6-27-18)23-21(26)22-10-15-7-16(11-22)9-17(8-15)12-22/h4-6,14-17,19H,7-13H2,1-3H3,(H,23,26)/t15?,16?,17?,19-,22?/m0/s1. The van der Waals surface area contributed by atoms with Gasteiger partial charge in [-0.15, -0.1) is 0 Å². The summed E-state index contributed by atoms with van der Waals surface area (Å²) in [5, 5.41) is 3.17. The number of rotatable bonds is 6. The first-order valence-electron chi connectivity index (χ1n) is 10.4. The van der Waals surface area contributed by atoms with Crippen LogP contribution in [0.3, 0.4) is 0 Å². The van der Waals surface area contributed by atoms with Crippen LogP contribution in [-0.4, -0.2) is 29.8 Å². The molecule has 5 rings (SSSR count). The van der Waals surface area contributed by atoms with Crippen molar-refractivity contribution in [2.75, 3.05) is 7.05 Å². The van der Waals surface area contributed by atoms with E-state index in [1.54, 1.807) is 18.2 Å². The van der Waals surface area contributed by atoms with Crippen molar-refractivity contribution in [3.05, 3.63) is 24.2 Å². The van der Waals surface area contributed by atoms with Gasteiger partial charge >= 0.3 is 0 Å². The minimum atomic E-state index is -0.481. The van der Waals surface area contributed by atoms with Gasteiger partial charge in [-0.05, 0) is 74.3 Å². The van der Waals surface area contributed by atoms with Gasteiger partial charge in [-0.25, -0.2) is 0 Å². The topological polar surface area (TPSA) is 62.6 Å². The van der Waals surface area contributed by atoms with Crippen molar-refractivity contribution >= 4 is 11.8 Å². The van der Waals surface area contributed by atoms with Crippen molar-refractivity contribution in [3.8, 4) is 0 Å². The third-order valence-electron chi connectivity index (χ3n) is 7.09. The van der Waals surface area contributed by atoms with Crippen LogP contribution >= 0.6 is 0 Å². The van der Waals surface area contributed by atoms with Crippen molar-refractivity contribution in [3.63, 3.8) is 0 Å². The maximum absolute atomic E-state index is 13.4. The second kappa shape index (κ2) is 6.99. The third-order valence-corrected chi connectivity index (χ3v) is 7.09. The molecule has 4 fully saturated rings. The van der Waals surface area contributed by atoms with Gasteiger partial charge in [0.25, 0.3) is 0 Å². The van der Waals surface area contributed by atoms with Crippen LogP contribution < -0.4 is 5.32 Å². The molecule has 1 aromatic rings. The normalized spacial score (nSPS) is 32.5. The van der Waals surface area contributed by atoms with Crippen molar-refractivity contribution in [1.82, 2.24) is 10.2 Å². The number of hydrogen-bond acceptors (Lipinski definition) is 3. The number of furan rings is 1. The van der Waals surface area contributed by atoms with Gasteiger partial charge in [-0.3, -0.25) is 9.59 Å². The quantitative estimate of drug-likeness (QED) is 0.830. The lowest BCUT2D eigenvalue weighted by molar-refractivity contribution is -0.150. The Kier molecular flexibility index (Phi) is 4.81. The monoisotopic (exact) mass is 372 g/mol. The molecule has 1 N–H and O–H groups in total. The summed E-state index contributed by atoms with van der Waals surface area (Å²) in [6, 6.07) is 3.20. The molecule has 27 heavy (non-hydrogen) atoms. The zero-order chi connectivity index (χ0) is 19.2. The predicted molar refractivity (Wildman–Crippen MR) is 103 cm³/mol. The molecule has 5 nitrogen and oxygen atoms in total. The van der Waals surface area contributed by atoms with Crippen LogP contribution in [0, 0.1) is 29.1 Å². The number of amides is 2. The van der Waals surface area contributed by atoms with E-state index in [0.717, 1.165) is 42.8 Å². The number of nitrogens with zero attached hydrogens (tertiary/aromatic N) is 1. The Labute approximate surface area is 161 Å². The molecule has 4 saturated carbocycles. The molecule has 2 amide bonds. The summed E-state index contributed by atoms with van der Waals surface area (Å²) in [6.07, 6.45) is 8.60. The second-order valence-electron chi connectivity index (χ2n) is 9.67. The first kappa shape index (κ1) is 18.6. The van der Waals surface area contributed by atoms with Gasteiger partial charge in [0.1, 0.15) is 11.8 Å². The van der Waals surface area contributed by atoms with Gasteiger partial charge in [0, 0.05) is 12.5 Å². The number of likely N-dealkylation sites (N-methyl/N-ethyl adjacent to an activating group) is 1. The number of carbonyl (C=O) groups excluding carboxylic acids is 2. The van der Waals surface area contributed by atoms with Gasteiger partial charge < -0.3 is 14.6 Å². The molecule has 1 aromatic heterocycles. The van der Waals surface area contributed by atoms with Gasteiger partial charge in [-0.1, -0.05) is 13.8 Å². The highest BCUT2D eigenvalue weighted by Gasteiger charge is 2.55. The van der Waals surface area contributed by atoms with E-state index in [1.165, 1.54) is 19.3 Å². The summed E-state index contributed by atoms with van der Waals surface area (Å²) in [5.41, 5.74) is -0.220. The highest BCUT2D eigenvalue weighted by atomic mass is 16.3. The fourth-order valence-electron chi connectivity index (χ4n) is 6.15. The summed E-state index contributed by atoms with van der Waals surface area (Å²) in [5.74, 6) is 3.04. The van der Waals surface area contributed by atoms with E-state index in [1.807, 2.05) is 26.0 Å². The Morgan fingerprint density at radius 1 is 1.19 bits per heavy atom. The van der Waals surface area contributed by atoms with Gasteiger partial charge in [0.05, 0.1) is 12.8 Å². The Morgan fingerprint density at radius 2 is 1.78 bits per heavy atom. The molecule has 4 bridgehead atoms. The lowest BCUT2D eigenvalue weighted by Gasteiger charge is -2.56. The van der Waals surface area contributed by atoms with E-state index in [-0.39, 0.29) is 23.1 Å². The smallest absolute Gasteiger partial charge is 0.245 e. The first-order chi connectivity index (χ1) is 12.9. The largest absolute Gasteiger partial charge is 0.467 e. The van der Waals surface area contributed by atoms with Crippen molar-refractivity contribution in [2.24, 2.45) is 29.1 Å². The average Bonchev–Trinajstić information content (AvgIpc) is 3.10. The highest BCUT2D eigenvalue weighted by Crippen LogP contribution is 2.60. The van der Waals surface area contributed by atoms with E-state index < -0.39 is 6.04 Å². The van der Waals surface area contributed by atoms with Gasteiger partial charge in [-0.2, -0.15) is 0 Å². The van der Waals surface area contributed by atoms with E-state index in [2.05, 4.69) is 5.32 Å². The minimum absolute atomic E-state index is 0.0421. The van der Waals surface area contributed by atoms with Crippen LogP contribution in [-0.2, 0) is 16.1 Å². The molecule has 1 atom stereocenters. The zero-order valence-electron chi connectivity index (χ0n) is 16.7. The highest BCUT2D eigenvalue weighted by molar-refractivity contribution is 5.90. The summed E-state index contributed by atoms with van der Waals surface area (Å²) in [7, 11) is 1.77. The summed E-state index contributed by atoms with van der Waals surface area (Å²) >= 11 is 0. The van der Waals surface area contributed by atoms with Crippen LogP contribution in [0.1, 0.15) is 58.1 Å². The van der Waals surface area contributed by atoms with Crippen molar-refractivity contribution < 1.29 is 14.0 Å². The van der Waals surface area contributed by atoms with E-state index in [9.17, 15) is 9.59 Å². The van der Waals surface area contributed by atoms with Gasteiger partial charge in [0.15, 0.2) is 0 Å². The fraction of sp³-hybridized carbons (Fsp3) is 0.727. The van der Waals surface area contributed by atoms with Crippen LogP contribution in [0.5, 0.6) is 0 Å². The second-order valence-corrected chi connectivity index (χ2v) is 9.67. The molecule has 0 aliphatic heterocycles. The summed E-state index contributed by atoms with van der Waals surface area (Å²) in [4.78, 5) is 28.1. The molecule has 4 aliphatic rings. The summed E-state index contributed by atoms with van der Waals surface area (Å²) in [6.45, 7) is 4.43. The molecular formula is C22H32N2O3. The number of hydrogen-bond donors (Lipinski definition) is 1. The van der Waals surface area contributed by atoms with E-state index in [0.29, 0.717) is 6.54 Å². The molecular weight excluding hydrogens is 340 g/mol. The average molecular weight is 373 g/mol. The van der Waals surface area contributed by atoms with Crippen molar-refractivity contribution in [2.45, 2.75) is 65.0 Å². The Hall–Kier alpha value is -1.78. The van der Waals surface area contributed by atoms with E-state index >= 15 is 0 Å². The zero-order valence-corrected chi connectivity index (χ0v) is 16.7. The van der Waals surface area contributed by atoms with Crippen LogP contribution in [0.4, 0.5) is 0 Å². The molecule has 0 saturated heterocycles. The molecule has 0 unspecified atom stereocenters. The molecule has 1 heterocycles. The summed E-state index contributed by atoms with van der Waals surface area (Å²) < 4.78 is 5.36. The van der Waals surface area contributed by atoms with Crippen LogP contribution in [0.25, 0.3) is 0 Å². The maximum atomic E-state index is 13.4. The number of carbonyl (C=O) groups is 2. The SMILES string of the molecule is CC(C)[C@H](NC(=O)C12CC3CC(CC(C3)C1)C2)C(=O)N(C)Cc1ccco1. The molecule has 4 aliphatic carbocycles. The van der Waals surface area contributed by atoms with Crippen LogP contribution in [0.2, 0.25) is 0 Å². The molecule has 5 heteroatoms. The Morgan fingerprint density at radius 3 is 2.26 bits per heavy atom. The Bertz CT molecular complexity index is 659. The molecule has 0 aromatic carbocycles. The van der Waals surface area contributed by atoms with Crippen molar-refractivity contribution in [1.29, 1.82) is 0 Å². The fourth-order valence-corrected chi connectivity index (χ4v) is 6.15. The molecule has 0 radical (unpaired) electrons. The third kappa shape index (κ3) is 3.53. The minimum Gasteiger partial charge on any atom is -0.467 e. The lowest BCUT2D eigenvalue weighted by atomic mass is 9.49. The van der Waals surface area contributed by atoms with Gasteiger partial charge in [0.2, 0.25) is 11.8 Å². The predicted octanol–water partition coefficient (Wildman–Crippen LogP) is 3.60. The van der Waals surface area contributed by atoms with Crippen LogP contribution in [0.15, 0.2) is 22.8 Å². The molecule has 0 spiro atoms. The van der Waals surface area contributed by atoms with E-state index in [4.69, 9.17) is 4.42 Å². The maximum Gasteiger partial charge on any atom is 0.245 e. The number of nitrogens with one attached hydrogen (secondary N) is 1. The Balaban J connectivity index is 1.45.